The van der Waals surface area contributed by atoms with Crippen LogP contribution >= 0.6 is 0 Å². The first-order chi connectivity index (χ1) is 9.57. The van der Waals surface area contributed by atoms with Crippen molar-refractivity contribution >= 4 is 11.9 Å². The van der Waals surface area contributed by atoms with Crippen LogP contribution < -0.4 is 11.1 Å². The fourth-order valence-electron chi connectivity index (χ4n) is 2.55. The average Bonchev–Trinajstić information content (AvgIpc) is 2.38. The Balaban J connectivity index is 2.12. The molecule has 1 amide bonds. The number of carboxylic acids is 1. The van der Waals surface area contributed by atoms with Crippen molar-refractivity contribution in [1.29, 1.82) is 0 Å². The van der Waals surface area contributed by atoms with E-state index in [1.807, 2.05) is 30.3 Å². The zero-order chi connectivity index (χ0) is 14.6. The number of carbonyl (C=O) groups is 2. The Morgan fingerprint density at radius 1 is 1.30 bits per heavy atom. The predicted molar refractivity (Wildman–Crippen MR) is 74.9 cm³/mol. The summed E-state index contributed by atoms with van der Waals surface area (Å²) in [6.07, 6.45) is 2.43. The molecule has 1 aliphatic carbocycles. The number of carbonyl (C=O) groups excluding carboxylic acids is 1. The van der Waals surface area contributed by atoms with E-state index >= 15 is 0 Å². The second-order valence-corrected chi connectivity index (χ2v) is 5.37. The number of nitrogens with one attached hydrogen (secondary N) is 1. The second-order valence-electron chi connectivity index (χ2n) is 5.37. The molecule has 0 saturated heterocycles. The Morgan fingerprint density at radius 2 is 1.95 bits per heavy atom. The molecule has 1 fully saturated rings. The molecular formula is C15H20N2O3. The summed E-state index contributed by atoms with van der Waals surface area (Å²) in [6, 6.07) is 8.66. The molecule has 20 heavy (non-hydrogen) atoms. The lowest BCUT2D eigenvalue weighted by Crippen LogP contribution is -2.51. The number of hydrogen-bond acceptors (Lipinski definition) is 3. The largest absolute Gasteiger partial charge is 0.481 e. The number of aliphatic carboxylic acids is 1. The van der Waals surface area contributed by atoms with Crippen LogP contribution in [0.2, 0.25) is 0 Å². The normalized spacial score (nSPS) is 17.9. The van der Waals surface area contributed by atoms with Crippen LogP contribution in [-0.4, -0.2) is 23.5 Å². The molecule has 0 spiro atoms. The predicted octanol–water partition coefficient (Wildman–Crippen LogP) is 1.45. The average molecular weight is 276 g/mol. The lowest BCUT2D eigenvalue weighted by Gasteiger charge is -2.40. The highest BCUT2D eigenvalue weighted by atomic mass is 16.4. The van der Waals surface area contributed by atoms with E-state index in [9.17, 15) is 9.59 Å². The fraction of sp³-hybridized carbons (Fsp3) is 0.467. The smallest absolute Gasteiger partial charge is 0.305 e. The van der Waals surface area contributed by atoms with Crippen molar-refractivity contribution in [3.63, 3.8) is 0 Å². The van der Waals surface area contributed by atoms with E-state index in [1.54, 1.807) is 0 Å². The highest BCUT2D eigenvalue weighted by Gasteiger charge is 2.43. The van der Waals surface area contributed by atoms with Gasteiger partial charge in [0.25, 0.3) is 0 Å². The molecule has 0 radical (unpaired) electrons. The van der Waals surface area contributed by atoms with Crippen LogP contribution in [0, 0.1) is 5.41 Å². The lowest BCUT2D eigenvalue weighted by atomic mass is 9.68. The minimum Gasteiger partial charge on any atom is -0.481 e. The van der Waals surface area contributed by atoms with Gasteiger partial charge in [0.2, 0.25) is 5.91 Å². The first-order valence-electron chi connectivity index (χ1n) is 6.85. The Labute approximate surface area is 118 Å². The minimum absolute atomic E-state index is 0.124. The Kier molecular flexibility index (Phi) is 4.39. The maximum Gasteiger partial charge on any atom is 0.305 e. The summed E-state index contributed by atoms with van der Waals surface area (Å²) in [7, 11) is 0. The zero-order valence-corrected chi connectivity index (χ0v) is 11.3. The van der Waals surface area contributed by atoms with Gasteiger partial charge in [0, 0.05) is 6.54 Å². The van der Waals surface area contributed by atoms with Gasteiger partial charge in [-0.25, -0.2) is 0 Å². The molecular weight excluding hydrogens is 256 g/mol. The molecule has 0 aliphatic heterocycles. The van der Waals surface area contributed by atoms with Crippen molar-refractivity contribution in [2.45, 2.75) is 31.7 Å². The van der Waals surface area contributed by atoms with Crippen LogP contribution in [0.25, 0.3) is 0 Å². The number of carboxylic acid groups (broad SMARTS) is 1. The van der Waals surface area contributed by atoms with Crippen molar-refractivity contribution in [2.75, 3.05) is 6.54 Å². The van der Waals surface area contributed by atoms with Crippen molar-refractivity contribution in [3.8, 4) is 0 Å². The summed E-state index contributed by atoms with van der Waals surface area (Å²) in [5, 5.41) is 11.9. The molecule has 0 bridgehead atoms. The molecule has 1 atom stereocenters. The molecule has 5 heteroatoms. The monoisotopic (exact) mass is 276 g/mol. The Morgan fingerprint density at radius 3 is 2.40 bits per heavy atom. The molecule has 0 heterocycles. The van der Waals surface area contributed by atoms with Gasteiger partial charge in [0.1, 0.15) is 0 Å². The summed E-state index contributed by atoms with van der Waals surface area (Å²) in [4.78, 5) is 23.4. The van der Waals surface area contributed by atoms with E-state index < -0.39 is 17.4 Å². The van der Waals surface area contributed by atoms with E-state index in [2.05, 4.69) is 5.32 Å². The van der Waals surface area contributed by atoms with Gasteiger partial charge >= 0.3 is 5.97 Å². The van der Waals surface area contributed by atoms with E-state index in [4.69, 9.17) is 10.8 Å². The van der Waals surface area contributed by atoms with E-state index in [0.717, 1.165) is 24.8 Å². The van der Waals surface area contributed by atoms with Crippen molar-refractivity contribution in [3.05, 3.63) is 35.9 Å². The number of hydrogen-bond donors (Lipinski definition) is 3. The van der Waals surface area contributed by atoms with Gasteiger partial charge in [-0.3, -0.25) is 9.59 Å². The maximum absolute atomic E-state index is 12.4. The quantitative estimate of drug-likeness (QED) is 0.733. The lowest BCUT2D eigenvalue weighted by molar-refractivity contribution is -0.139. The van der Waals surface area contributed by atoms with Crippen molar-refractivity contribution in [1.82, 2.24) is 5.32 Å². The van der Waals surface area contributed by atoms with Crippen LogP contribution in [0.15, 0.2) is 30.3 Å². The van der Waals surface area contributed by atoms with Crippen molar-refractivity contribution < 1.29 is 14.7 Å². The summed E-state index contributed by atoms with van der Waals surface area (Å²) in [5.41, 5.74) is 6.01. The van der Waals surface area contributed by atoms with Gasteiger partial charge < -0.3 is 16.2 Å². The third kappa shape index (κ3) is 2.99. The number of amides is 1. The minimum atomic E-state index is -0.936. The molecule has 1 unspecified atom stereocenters. The first kappa shape index (κ1) is 14.5. The third-order valence-corrected chi connectivity index (χ3v) is 4.07. The van der Waals surface area contributed by atoms with Crippen LogP contribution in [0.3, 0.4) is 0 Å². The van der Waals surface area contributed by atoms with Crippen LogP contribution in [0.1, 0.15) is 37.3 Å². The Hall–Kier alpha value is -1.88. The second kappa shape index (κ2) is 6.05. The topological polar surface area (TPSA) is 92.4 Å². The highest BCUT2D eigenvalue weighted by molar-refractivity contribution is 5.84. The molecule has 1 aromatic rings. The SMILES string of the molecule is NCC1(C(=O)NC(CC(=O)O)c2ccccc2)CCC1. The van der Waals surface area contributed by atoms with Crippen LogP contribution in [0.4, 0.5) is 0 Å². The first-order valence-corrected chi connectivity index (χ1v) is 6.85. The molecule has 1 aromatic carbocycles. The maximum atomic E-state index is 12.4. The summed E-state index contributed by atoms with van der Waals surface area (Å²) >= 11 is 0. The van der Waals surface area contributed by atoms with E-state index in [1.165, 1.54) is 0 Å². The summed E-state index contributed by atoms with van der Waals surface area (Å²) in [6.45, 7) is 0.313. The molecule has 5 nitrogen and oxygen atoms in total. The van der Waals surface area contributed by atoms with Gasteiger partial charge in [0.05, 0.1) is 17.9 Å². The van der Waals surface area contributed by atoms with Gasteiger partial charge in [-0.1, -0.05) is 36.8 Å². The Bertz CT molecular complexity index is 478. The fourth-order valence-corrected chi connectivity index (χ4v) is 2.55. The van der Waals surface area contributed by atoms with Gasteiger partial charge in [-0.05, 0) is 18.4 Å². The van der Waals surface area contributed by atoms with Gasteiger partial charge in [-0.15, -0.1) is 0 Å². The highest BCUT2D eigenvalue weighted by Crippen LogP contribution is 2.40. The summed E-state index contributed by atoms with van der Waals surface area (Å²) in [5.74, 6) is -1.06. The molecule has 1 saturated carbocycles. The van der Waals surface area contributed by atoms with Gasteiger partial charge in [0.15, 0.2) is 0 Å². The van der Waals surface area contributed by atoms with E-state index in [0.29, 0.717) is 6.54 Å². The number of benzene rings is 1. The third-order valence-electron chi connectivity index (χ3n) is 4.07. The van der Waals surface area contributed by atoms with Crippen LogP contribution in [-0.2, 0) is 9.59 Å². The number of rotatable bonds is 6. The molecule has 1 aliphatic rings. The molecule has 0 aromatic heterocycles. The zero-order valence-electron chi connectivity index (χ0n) is 11.3. The molecule has 108 valence electrons. The van der Waals surface area contributed by atoms with Gasteiger partial charge in [-0.2, -0.15) is 0 Å². The number of nitrogens with two attached hydrogens (primary N) is 1. The molecule has 4 N–H and O–H groups in total. The van der Waals surface area contributed by atoms with Crippen LogP contribution in [0.5, 0.6) is 0 Å². The molecule has 2 rings (SSSR count). The van der Waals surface area contributed by atoms with Crippen molar-refractivity contribution in [2.24, 2.45) is 11.1 Å². The standard InChI is InChI=1S/C15H20N2O3/c16-10-15(7-4-8-15)14(20)17-12(9-13(18)19)11-5-2-1-3-6-11/h1-3,5-6,12H,4,7-10,16H2,(H,17,20)(H,18,19). The van der Waals surface area contributed by atoms with E-state index in [-0.39, 0.29) is 12.3 Å². The summed E-state index contributed by atoms with van der Waals surface area (Å²) < 4.78 is 0.